The summed E-state index contributed by atoms with van der Waals surface area (Å²) in [4.78, 5) is 11.1. The van der Waals surface area contributed by atoms with Gasteiger partial charge in [0.25, 0.3) is 0 Å². The largest absolute Gasteiger partial charge is 0.460 e. The van der Waals surface area contributed by atoms with E-state index in [1.165, 1.54) is 6.07 Å². The Labute approximate surface area is 90.3 Å². The molecule has 0 aliphatic rings. The fraction of sp³-hybridized carbons (Fsp3) is 0.0833. The van der Waals surface area contributed by atoms with E-state index in [9.17, 15) is 4.79 Å². The number of fused-ring (bicyclic) bond motifs is 2. The third kappa shape index (κ3) is 1.31. The average Bonchev–Trinajstić information content (AvgIpc) is 2.67. The third-order valence-electron chi connectivity index (χ3n) is 2.51. The van der Waals surface area contributed by atoms with E-state index in [1.54, 1.807) is 12.1 Å². The second-order valence-corrected chi connectivity index (χ2v) is 3.60. The highest BCUT2D eigenvalue weighted by atomic mass is 16.4. The quantitative estimate of drug-likeness (QED) is 0.630. The highest BCUT2D eigenvalue weighted by Crippen LogP contribution is 2.24. The monoisotopic (exact) mass is 215 g/mol. The summed E-state index contributed by atoms with van der Waals surface area (Å²) in [7, 11) is 0. The molecule has 0 aliphatic heterocycles. The van der Waals surface area contributed by atoms with Crippen LogP contribution >= 0.6 is 0 Å². The zero-order chi connectivity index (χ0) is 11.1. The summed E-state index contributed by atoms with van der Waals surface area (Å²) in [6, 6.07) is 8.65. The minimum Gasteiger partial charge on any atom is -0.460 e. The summed E-state index contributed by atoms with van der Waals surface area (Å²) in [6.07, 6.45) is 0. The van der Waals surface area contributed by atoms with Crippen LogP contribution in [0.3, 0.4) is 0 Å². The molecule has 0 amide bonds. The molecule has 4 heteroatoms. The molecule has 0 saturated carbocycles. The zero-order valence-electron chi connectivity index (χ0n) is 8.40. The molecular formula is C12H9NO3. The Balaban J connectivity index is 2.41. The van der Waals surface area contributed by atoms with Crippen molar-refractivity contribution in [2.75, 3.05) is 0 Å². The van der Waals surface area contributed by atoms with Gasteiger partial charge in [-0.25, -0.2) is 4.79 Å². The van der Waals surface area contributed by atoms with E-state index in [-0.39, 0.29) is 5.63 Å². The van der Waals surface area contributed by atoms with Crippen LogP contribution in [0.15, 0.2) is 44.0 Å². The van der Waals surface area contributed by atoms with Crippen molar-refractivity contribution in [1.29, 1.82) is 0 Å². The second-order valence-electron chi connectivity index (χ2n) is 3.60. The van der Waals surface area contributed by atoms with Gasteiger partial charge in [-0.1, -0.05) is 0 Å². The normalized spacial score (nSPS) is 11.3. The van der Waals surface area contributed by atoms with E-state index in [2.05, 4.69) is 0 Å². The van der Waals surface area contributed by atoms with E-state index in [0.717, 1.165) is 10.8 Å². The van der Waals surface area contributed by atoms with Gasteiger partial charge in [-0.05, 0) is 18.2 Å². The van der Waals surface area contributed by atoms with Gasteiger partial charge in [0.2, 0.25) is 0 Å². The van der Waals surface area contributed by atoms with Crippen molar-refractivity contribution in [3.8, 4) is 0 Å². The van der Waals surface area contributed by atoms with Gasteiger partial charge in [-0.15, -0.1) is 0 Å². The van der Waals surface area contributed by atoms with Crippen LogP contribution in [0, 0.1) is 0 Å². The van der Waals surface area contributed by atoms with Crippen LogP contribution in [-0.4, -0.2) is 0 Å². The SMILES string of the molecule is NCc1cc2cc3ccc(=O)oc3cc2o1. The zero-order valence-corrected chi connectivity index (χ0v) is 8.40. The number of hydrogen-bond donors (Lipinski definition) is 1. The van der Waals surface area contributed by atoms with Crippen molar-refractivity contribution < 1.29 is 8.83 Å². The molecule has 0 atom stereocenters. The first kappa shape index (κ1) is 9.18. The van der Waals surface area contributed by atoms with Crippen molar-refractivity contribution in [2.24, 2.45) is 5.73 Å². The lowest BCUT2D eigenvalue weighted by atomic mass is 10.2. The van der Waals surface area contributed by atoms with Crippen LogP contribution in [0.4, 0.5) is 0 Å². The maximum Gasteiger partial charge on any atom is 0.336 e. The summed E-state index contributed by atoms with van der Waals surface area (Å²) >= 11 is 0. The molecule has 0 saturated heterocycles. The molecular weight excluding hydrogens is 206 g/mol. The average molecular weight is 215 g/mol. The molecule has 0 radical (unpaired) electrons. The molecule has 16 heavy (non-hydrogen) atoms. The Morgan fingerprint density at radius 3 is 2.62 bits per heavy atom. The Morgan fingerprint density at radius 2 is 1.81 bits per heavy atom. The predicted octanol–water partition coefficient (Wildman–Crippen LogP) is 2.00. The Bertz CT molecular complexity index is 724. The van der Waals surface area contributed by atoms with Crippen LogP contribution in [-0.2, 0) is 6.54 Å². The number of furan rings is 1. The molecule has 1 aromatic carbocycles. The maximum atomic E-state index is 11.1. The molecule has 0 unspecified atom stereocenters. The third-order valence-corrected chi connectivity index (χ3v) is 2.51. The number of nitrogens with two attached hydrogens (primary N) is 1. The van der Waals surface area contributed by atoms with Gasteiger partial charge in [0.05, 0.1) is 6.54 Å². The van der Waals surface area contributed by atoms with Crippen LogP contribution in [0.1, 0.15) is 5.76 Å². The Hall–Kier alpha value is -2.07. The van der Waals surface area contributed by atoms with E-state index in [0.29, 0.717) is 23.5 Å². The smallest absolute Gasteiger partial charge is 0.336 e. The topological polar surface area (TPSA) is 69.4 Å². The summed E-state index contributed by atoms with van der Waals surface area (Å²) < 4.78 is 10.5. The van der Waals surface area contributed by atoms with Gasteiger partial charge in [0, 0.05) is 22.9 Å². The van der Waals surface area contributed by atoms with Gasteiger partial charge < -0.3 is 14.6 Å². The Morgan fingerprint density at radius 1 is 1.00 bits per heavy atom. The lowest BCUT2D eigenvalue weighted by molar-refractivity contribution is 0.546. The van der Waals surface area contributed by atoms with E-state index in [1.807, 2.05) is 12.1 Å². The number of rotatable bonds is 1. The van der Waals surface area contributed by atoms with Crippen molar-refractivity contribution in [2.45, 2.75) is 6.54 Å². The van der Waals surface area contributed by atoms with Gasteiger partial charge in [-0.3, -0.25) is 0 Å². The molecule has 4 nitrogen and oxygen atoms in total. The highest BCUT2D eigenvalue weighted by Gasteiger charge is 2.05. The summed E-state index contributed by atoms with van der Waals surface area (Å²) in [5, 5.41) is 1.83. The Kier molecular flexibility index (Phi) is 1.84. The molecule has 2 heterocycles. The van der Waals surface area contributed by atoms with Crippen molar-refractivity contribution >= 4 is 21.9 Å². The standard InChI is InChI=1S/C12H9NO3/c13-6-9-4-8-3-7-1-2-12(14)16-10(7)5-11(8)15-9/h1-5H,6,13H2. The summed E-state index contributed by atoms with van der Waals surface area (Å²) in [6.45, 7) is 0.356. The van der Waals surface area contributed by atoms with E-state index < -0.39 is 0 Å². The molecule has 0 fully saturated rings. The first-order valence-electron chi connectivity index (χ1n) is 4.93. The first-order chi connectivity index (χ1) is 7.76. The van der Waals surface area contributed by atoms with Gasteiger partial charge in [0.15, 0.2) is 0 Å². The van der Waals surface area contributed by atoms with Crippen molar-refractivity contribution in [1.82, 2.24) is 0 Å². The molecule has 0 spiro atoms. The molecule has 3 aromatic rings. The maximum absolute atomic E-state index is 11.1. The van der Waals surface area contributed by atoms with E-state index >= 15 is 0 Å². The minimum absolute atomic E-state index is 0.356. The van der Waals surface area contributed by atoms with Gasteiger partial charge in [0.1, 0.15) is 16.9 Å². The van der Waals surface area contributed by atoms with Crippen LogP contribution in [0.25, 0.3) is 21.9 Å². The van der Waals surface area contributed by atoms with Gasteiger partial charge >= 0.3 is 5.63 Å². The number of benzene rings is 1. The molecule has 3 rings (SSSR count). The van der Waals surface area contributed by atoms with Crippen molar-refractivity contribution in [3.05, 3.63) is 46.5 Å². The molecule has 2 N–H and O–H groups in total. The fourth-order valence-electron chi connectivity index (χ4n) is 1.76. The molecule has 0 aliphatic carbocycles. The fourth-order valence-corrected chi connectivity index (χ4v) is 1.76. The second kappa shape index (κ2) is 3.21. The lowest BCUT2D eigenvalue weighted by Crippen LogP contribution is -1.93. The van der Waals surface area contributed by atoms with E-state index in [4.69, 9.17) is 14.6 Å². The minimum atomic E-state index is -0.363. The molecule has 0 bridgehead atoms. The number of hydrogen-bond acceptors (Lipinski definition) is 4. The van der Waals surface area contributed by atoms with Gasteiger partial charge in [-0.2, -0.15) is 0 Å². The highest BCUT2D eigenvalue weighted by molar-refractivity contribution is 5.93. The van der Waals surface area contributed by atoms with Crippen LogP contribution < -0.4 is 11.4 Å². The first-order valence-corrected chi connectivity index (χ1v) is 4.93. The van der Waals surface area contributed by atoms with Crippen LogP contribution in [0.5, 0.6) is 0 Å². The molecule has 2 aromatic heterocycles. The summed E-state index contributed by atoms with van der Waals surface area (Å²) in [5.74, 6) is 0.715. The van der Waals surface area contributed by atoms with Crippen molar-refractivity contribution in [3.63, 3.8) is 0 Å². The predicted molar refractivity (Wildman–Crippen MR) is 60.1 cm³/mol. The molecule has 80 valence electrons. The van der Waals surface area contributed by atoms with Crippen LogP contribution in [0.2, 0.25) is 0 Å². The lowest BCUT2D eigenvalue weighted by Gasteiger charge is -1.94. The summed E-state index contributed by atoms with van der Waals surface area (Å²) in [5.41, 5.74) is 6.34.